The first kappa shape index (κ1) is 33.8. The molecule has 2 aliphatic carbocycles. The molecule has 0 aliphatic heterocycles. The van der Waals surface area contributed by atoms with Crippen LogP contribution in [-0.2, 0) is 17.3 Å². The maximum absolute atomic E-state index is 2.69. The fourth-order valence-corrected chi connectivity index (χ4v) is 11.8. The van der Waals surface area contributed by atoms with E-state index in [1.807, 2.05) is 0 Å². The van der Waals surface area contributed by atoms with Crippen molar-refractivity contribution in [1.82, 2.24) is 0 Å². The molecule has 0 fully saturated rings. The third-order valence-electron chi connectivity index (χ3n) is 10.5. The van der Waals surface area contributed by atoms with Crippen molar-refractivity contribution in [1.29, 1.82) is 0 Å². The van der Waals surface area contributed by atoms with E-state index in [0.29, 0.717) is 11.8 Å². The molecular formula is C42H61Si. The quantitative estimate of drug-likeness (QED) is 0.190. The predicted octanol–water partition coefficient (Wildman–Crippen LogP) is 12.2. The zero-order valence-electron chi connectivity index (χ0n) is 30.1. The summed E-state index contributed by atoms with van der Waals surface area (Å²) in [6, 6.07) is 12.4. The van der Waals surface area contributed by atoms with E-state index in [4.69, 9.17) is 0 Å². The number of fused-ring (bicyclic) bond motifs is 1. The highest BCUT2D eigenvalue weighted by atomic mass is 28.3. The van der Waals surface area contributed by atoms with Gasteiger partial charge in [-0.1, -0.05) is 154 Å². The van der Waals surface area contributed by atoms with Gasteiger partial charge in [0.1, 0.15) is 0 Å². The molecule has 2 aromatic carbocycles. The van der Waals surface area contributed by atoms with Gasteiger partial charge in [-0.15, -0.1) is 0 Å². The van der Waals surface area contributed by atoms with Gasteiger partial charge in [-0.2, -0.15) is 0 Å². The molecule has 1 atom stereocenters. The fraction of sp³-hybridized carbons (Fsp3) is 0.571. The summed E-state index contributed by atoms with van der Waals surface area (Å²) in [5.41, 5.74) is 17.3. The van der Waals surface area contributed by atoms with Crippen LogP contribution in [0.4, 0.5) is 0 Å². The molecule has 1 heteroatoms. The van der Waals surface area contributed by atoms with Crippen LogP contribution >= 0.6 is 0 Å². The summed E-state index contributed by atoms with van der Waals surface area (Å²) in [6.07, 6.45) is 11.2. The highest BCUT2D eigenvalue weighted by molar-refractivity contribution is 6.75. The van der Waals surface area contributed by atoms with Crippen LogP contribution in [0.3, 0.4) is 0 Å². The summed E-state index contributed by atoms with van der Waals surface area (Å²) < 4.78 is 0. The van der Waals surface area contributed by atoms with Crippen LogP contribution in [0.15, 0.2) is 52.6 Å². The summed E-state index contributed by atoms with van der Waals surface area (Å²) in [5.74, 6) is 1.04. The van der Waals surface area contributed by atoms with Crippen molar-refractivity contribution in [3.8, 4) is 11.1 Å². The highest BCUT2D eigenvalue weighted by Gasteiger charge is 2.37. The first-order chi connectivity index (χ1) is 20.1. The minimum atomic E-state index is -0.884. The smallest absolute Gasteiger partial charge is 0.0795 e. The summed E-state index contributed by atoms with van der Waals surface area (Å²) in [6.45, 7) is 31.8. The van der Waals surface area contributed by atoms with Gasteiger partial charge in [0.25, 0.3) is 0 Å². The molecule has 0 saturated heterocycles. The molecule has 1 unspecified atom stereocenters. The van der Waals surface area contributed by atoms with Crippen LogP contribution in [-0.4, -0.2) is 8.80 Å². The van der Waals surface area contributed by atoms with Gasteiger partial charge in [-0.25, -0.2) is 0 Å². The molecular weight excluding hydrogens is 533 g/mol. The highest BCUT2D eigenvalue weighted by Crippen LogP contribution is 2.45. The second kappa shape index (κ2) is 13.1. The average molecular weight is 594 g/mol. The van der Waals surface area contributed by atoms with Gasteiger partial charge in [0.15, 0.2) is 0 Å². The van der Waals surface area contributed by atoms with Crippen LogP contribution in [0.25, 0.3) is 17.2 Å². The lowest BCUT2D eigenvalue weighted by molar-refractivity contribution is 0.566. The molecule has 0 N–H and O–H groups in total. The van der Waals surface area contributed by atoms with Crippen molar-refractivity contribution in [3.63, 3.8) is 0 Å². The molecule has 0 bridgehead atoms. The van der Waals surface area contributed by atoms with E-state index in [2.05, 4.69) is 126 Å². The van der Waals surface area contributed by atoms with Gasteiger partial charge in [-0.05, 0) is 106 Å². The van der Waals surface area contributed by atoms with E-state index >= 15 is 0 Å². The van der Waals surface area contributed by atoms with Crippen molar-refractivity contribution >= 4 is 20.1 Å². The first-order valence-electron chi connectivity index (χ1n) is 17.3. The third-order valence-corrected chi connectivity index (χ3v) is 13.5. The minimum Gasteiger partial charge on any atom is -0.0795 e. The molecule has 43 heavy (non-hydrogen) atoms. The number of unbranched alkanes of at least 4 members (excludes halogenated alkanes) is 3. The summed E-state index contributed by atoms with van der Waals surface area (Å²) in [4.78, 5) is 0. The minimum absolute atomic E-state index is 0.0624. The molecule has 233 valence electrons. The Kier molecular flexibility index (Phi) is 10.3. The van der Waals surface area contributed by atoms with Crippen LogP contribution in [0, 0.1) is 5.92 Å². The topological polar surface area (TPSA) is 0 Å². The summed E-state index contributed by atoms with van der Waals surface area (Å²) in [7, 11) is -0.884. The third kappa shape index (κ3) is 6.78. The number of benzene rings is 2. The second-order valence-corrected chi connectivity index (χ2v) is 18.6. The molecule has 2 aromatic rings. The van der Waals surface area contributed by atoms with Gasteiger partial charge in [0.2, 0.25) is 0 Å². The predicted molar refractivity (Wildman–Crippen MR) is 195 cm³/mol. The maximum Gasteiger partial charge on any atom is 0.0906 e. The van der Waals surface area contributed by atoms with E-state index in [9.17, 15) is 0 Å². The first-order valence-corrected chi connectivity index (χ1v) is 19.2. The van der Waals surface area contributed by atoms with Crippen molar-refractivity contribution in [2.45, 2.75) is 151 Å². The number of rotatable bonds is 10. The summed E-state index contributed by atoms with van der Waals surface area (Å²) in [5, 5.41) is 1.78. The number of hydrogen-bond acceptors (Lipinski definition) is 0. The Morgan fingerprint density at radius 3 is 2.14 bits per heavy atom. The molecule has 4 rings (SSSR count). The largest absolute Gasteiger partial charge is 0.0906 e. The van der Waals surface area contributed by atoms with E-state index in [1.54, 1.807) is 44.2 Å². The molecule has 2 aliphatic rings. The fourth-order valence-electron chi connectivity index (χ4n) is 7.81. The molecule has 1 radical (unpaired) electrons. The van der Waals surface area contributed by atoms with Crippen molar-refractivity contribution < 1.29 is 0 Å². The van der Waals surface area contributed by atoms with Crippen LogP contribution in [0.1, 0.15) is 149 Å². The normalized spacial score (nSPS) is 17.3. The van der Waals surface area contributed by atoms with Gasteiger partial charge >= 0.3 is 0 Å². The monoisotopic (exact) mass is 593 g/mol. The Labute approximate surface area is 267 Å². The maximum atomic E-state index is 2.69. The standard InChI is InChI=1S/C42H61Si/c1-14-15-16-17-24-43(26-36-30(6)28(4)29(5)31(36)7)40-37(41(8,9)10)25-35(38(27(2)3)39(40)42(11,12)13)34-23-19-21-32-20-18-22-33(32)34/h18-19,21-23,25,27,30H,14-17,20,24,26H2,1-13H3. The Morgan fingerprint density at radius 2 is 1.58 bits per heavy atom. The second-order valence-electron chi connectivity index (χ2n) is 16.0. The van der Waals surface area contributed by atoms with E-state index in [-0.39, 0.29) is 10.8 Å². The Balaban J connectivity index is 2.06. The SMILES string of the molecule is CCCCCC[Si](CC1=C(C)C(C)=C(C)C1C)c1c(C(C)(C)C)cc(-c2cccc3c2C=CC3)c(C(C)C)c1C(C)(C)C. The number of allylic oxidation sites excluding steroid dienone is 5. The molecule has 0 spiro atoms. The number of hydrogen-bond donors (Lipinski definition) is 0. The zero-order chi connectivity index (χ0) is 31.9. The van der Waals surface area contributed by atoms with E-state index in [1.165, 1.54) is 60.0 Å². The van der Waals surface area contributed by atoms with E-state index < -0.39 is 8.80 Å². The van der Waals surface area contributed by atoms with Gasteiger partial charge in [0.05, 0.1) is 8.80 Å². The average Bonchev–Trinajstić information content (AvgIpc) is 3.48. The molecule has 0 aromatic heterocycles. The lowest BCUT2D eigenvalue weighted by Gasteiger charge is -2.38. The molecule has 0 saturated carbocycles. The van der Waals surface area contributed by atoms with Crippen molar-refractivity contribution in [2.75, 3.05) is 0 Å². The van der Waals surface area contributed by atoms with Crippen molar-refractivity contribution in [3.05, 3.63) is 80.5 Å². The Bertz CT molecular complexity index is 1430. The zero-order valence-corrected chi connectivity index (χ0v) is 31.1. The van der Waals surface area contributed by atoms with Gasteiger partial charge in [0, 0.05) is 0 Å². The molecule has 0 heterocycles. The van der Waals surface area contributed by atoms with Crippen molar-refractivity contribution in [2.24, 2.45) is 5.92 Å². The molecule has 0 amide bonds. The van der Waals surface area contributed by atoms with Crippen LogP contribution in [0.2, 0.25) is 12.1 Å². The lowest BCUT2D eigenvalue weighted by atomic mass is 9.73. The van der Waals surface area contributed by atoms with Gasteiger partial charge in [-0.3, -0.25) is 0 Å². The van der Waals surface area contributed by atoms with E-state index in [0.717, 1.165) is 6.42 Å². The van der Waals surface area contributed by atoms with Crippen LogP contribution in [0.5, 0.6) is 0 Å². The van der Waals surface area contributed by atoms with Gasteiger partial charge < -0.3 is 0 Å². The summed E-state index contributed by atoms with van der Waals surface area (Å²) >= 11 is 0. The van der Waals surface area contributed by atoms with Crippen LogP contribution < -0.4 is 5.19 Å². The molecule has 0 nitrogen and oxygen atoms in total. The lowest BCUT2D eigenvalue weighted by Crippen LogP contribution is -2.44. The Morgan fingerprint density at radius 1 is 0.884 bits per heavy atom. The Hall–Kier alpha value is -2.12.